The molecule has 0 unspecified atom stereocenters. The minimum atomic E-state index is -0.803. The van der Waals surface area contributed by atoms with Crippen molar-refractivity contribution in [2.45, 2.75) is 18.9 Å². The molecule has 0 fully saturated rings. The van der Waals surface area contributed by atoms with Gasteiger partial charge in [-0.2, -0.15) is 5.26 Å². The number of amides is 2. The number of anilines is 1. The first-order valence-electron chi connectivity index (χ1n) is 9.70. The number of nitrogens with one attached hydrogen (secondary N) is 2. The molecule has 0 aliphatic carbocycles. The molecule has 0 saturated carbocycles. The van der Waals surface area contributed by atoms with Crippen molar-refractivity contribution in [2.75, 3.05) is 18.5 Å². The second kappa shape index (κ2) is 8.68. The van der Waals surface area contributed by atoms with E-state index in [1.807, 2.05) is 35.7 Å². The molecule has 0 bridgehead atoms. The molecule has 7 nitrogen and oxygen atoms in total. The second-order valence-corrected chi connectivity index (χ2v) is 8.30. The number of nitriles is 1. The van der Waals surface area contributed by atoms with Crippen LogP contribution in [-0.4, -0.2) is 29.9 Å². The molecule has 31 heavy (non-hydrogen) atoms. The molecular weight excluding hydrogens is 412 g/mol. The van der Waals surface area contributed by atoms with E-state index >= 15 is 0 Å². The highest BCUT2D eigenvalue weighted by atomic mass is 32.1. The van der Waals surface area contributed by atoms with Gasteiger partial charge in [0.1, 0.15) is 5.41 Å². The summed E-state index contributed by atoms with van der Waals surface area (Å²) in [5, 5.41) is 17.2. The summed E-state index contributed by atoms with van der Waals surface area (Å²) < 4.78 is 5.49. The number of nitrogens with zero attached hydrogens (tertiary/aromatic N) is 2. The number of carbonyl (C=O) groups excluding carboxylic acids is 2. The van der Waals surface area contributed by atoms with Gasteiger partial charge in [-0.3, -0.25) is 9.59 Å². The van der Waals surface area contributed by atoms with Gasteiger partial charge in [0, 0.05) is 16.5 Å². The number of ether oxygens (including phenoxy) is 1. The predicted molar refractivity (Wildman–Crippen MR) is 118 cm³/mol. The Morgan fingerprint density at radius 2 is 2.06 bits per heavy atom. The number of hydrogen-bond donors (Lipinski definition) is 2. The zero-order valence-corrected chi connectivity index (χ0v) is 17.7. The van der Waals surface area contributed by atoms with Gasteiger partial charge < -0.3 is 15.4 Å². The van der Waals surface area contributed by atoms with E-state index in [1.54, 1.807) is 25.1 Å². The van der Waals surface area contributed by atoms with Crippen LogP contribution in [0.3, 0.4) is 0 Å². The van der Waals surface area contributed by atoms with Gasteiger partial charge in [0.15, 0.2) is 5.13 Å². The number of aromatic nitrogens is 1. The summed E-state index contributed by atoms with van der Waals surface area (Å²) in [6, 6.07) is 17.1. The van der Waals surface area contributed by atoms with Gasteiger partial charge in [0.05, 0.1) is 31.5 Å². The average Bonchev–Trinajstić information content (AvgIpc) is 3.26. The first-order chi connectivity index (χ1) is 15.0. The maximum Gasteiger partial charge on any atom is 0.251 e. The zero-order chi connectivity index (χ0) is 21.8. The molecule has 1 atom stereocenters. The molecule has 2 heterocycles. The molecule has 8 heteroatoms. The van der Waals surface area contributed by atoms with Crippen molar-refractivity contribution >= 4 is 28.3 Å². The van der Waals surface area contributed by atoms with Crippen LogP contribution >= 0.6 is 11.3 Å². The van der Waals surface area contributed by atoms with E-state index in [0.717, 1.165) is 22.4 Å². The van der Waals surface area contributed by atoms with Crippen LogP contribution in [0.4, 0.5) is 5.13 Å². The third-order valence-corrected chi connectivity index (χ3v) is 5.85. The van der Waals surface area contributed by atoms with Crippen LogP contribution in [-0.2, 0) is 21.6 Å². The highest BCUT2D eigenvalue weighted by Crippen LogP contribution is 2.32. The zero-order valence-electron chi connectivity index (χ0n) is 16.8. The quantitative estimate of drug-likeness (QED) is 0.642. The summed E-state index contributed by atoms with van der Waals surface area (Å²) in [7, 11) is 0. The SMILES string of the molecule is C[C@@]1(C#N)COCc2ccc(C(=O)NCC(=O)Nc3nc(-c4ccccc4)cs3)cc21. The summed E-state index contributed by atoms with van der Waals surface area (Å²) in [6.45, 7) is 2.30. The topological polar surface area (TPSA) is 104 Å². The van der Waals surface area contributed by atoms with Gasteiger partial charge in [-0.1, -0.05) is 36.4 Å². The lowest BCUT2D eigenvalue weighted by molar-refractivity contribution is -0.115. The third kappa shape index (κ3) is 4.48. The molecule has 4 rings (SSSR count). The fourth-order valence-electron chi connectivity index (χ4n) is 3.39. The Kier molecular flexibility index (Phi) is 5.80. The van der Waals surface area contributed by atoms with Crippen LogP contribution in [0.2, 0.25) is 0 Å². The monoisotopic (exact) mass is 432 g/mol. The normalized spacial score (nSPS) is 17.3. The number of rotatable bonds is 5. The first kappa shape index (κ1) is 20.7. The van der Waals surface area contributed by atoms with Gasteiger partial charge >= 0.3 is 0 Å². The van der Waals surface area contributed by atoms with E-state index in [9.17, 15) is 14.9 Å². The van der Waals surface area contributed by atoms with Crippen LogP contribution < -0.4 is 10.6 Å². The Hall–Kier alpha value is -3.54. The summed E-state index contributed by atoms with van der Waals surface area (Å²) in [5.74, 6) is -0.746. The van der Waals surface area contributed by atoms with Gasteiger partial charge in [-0.15, -0.1) is 11.3 Å². The minimum absolute atomic E-state index is 0.186. The molecule has 1 aliphatic heterocycles. The highest BCUT2D eigenvalue weighted by molar-refractivity contribution is 7.14. The Bertz CT molecular complexity index is 1170. The molecule has 2 amide bonds. The van der Waals surface area contributed by atoms with Crippen molar-refractivity contribution < 1.29 is 14.3 Å². The Morgan fingerprint density at radius 1 is 1.26 bits per heavy atom. The molecule has 1 aliphatic rings. The Balaban J connectivity index is 1.37. The Morgan fingerprint density at radius 3 is 2.84 bits per heavy atom. The maximum atomic E-state index is 12.6. The van der Waals surface area contributed by atoms with Crippen molar-refractivity contribution in [3.8, 4) is 17.3 Å². The first-order valence-corrected chi connectivity index (χ1v) is 10.6. The minimum Gasteiger partial charge on any atom is -0.375 e. The van der Waals surface area contributed by atoms with E-state index in [-0.39, 0.29) is 25.0 Å². The molecule has 0 spiro atoms. The largest absolute Gasteiger partial charge is 0.375 e. The number of thiazole rings is 1. The number of benzene rings is 2. The third-order valence-electron chi connectivity index (χ3n) is 5.09. The molecule has 1 aromatic heterocycles. The average molecular weight is 433 g/mol. The molecule has 2 N–H and O–H groups in total. The van der Waals surface area contributed by atoms with Crippen molar-refractivity contribution in [2.24, 2.45) is 0 Å². The fourth-order valence-corrected chi connectivity index (χ4v) is 4.13. The van der Waals surface area contributed by atoms with Crippen molar-refractivity contribution in [3.05, 3.63) is 70.6 Å². The van der Waals surface area contributed by atoms with Crippen LogP contribution in [0.15, 0.2) is 53.9 Å². The van der Waals surface area contributed by atoms with Gasteiger partial charge in [0.2, 0.25) is 5.91 Å². The summed E-state index contributed by atoms with van der Waals surface area (Å²) in [4.78, 5) is 29.2. The smallest absolute Gasteiger partial charge is 0.251 e. The van der Waals surface area contributed by atoms with Crippen molar-refractivity contribution in [1.29, 1.82) is 5.26 Å². The highest BCUT2D eigenvalue weighted by Gasteiger charge is 2.33. The van der Waals surface area contributed by atoms with E-state index in [0.29, 0.717) is 17.3 Å². The van der Waals surface area contributed by atoms with Crippen LogP contribution in [0, 0.1) is 11.3 Å². The summed E-state index contributed by atoms with van der Waals surface area (Å²) in [5.41, 5.74) is 3.02. The lowest BCUT2D eigenvalue weighted by Crippen LogP contribution is -2.34. The van der Waals surface area contributed by atoms with Crippen LogP contribution in [0.1, 0.15) is 28.4 Å². The Labute approximate surface area is 183 Å². The molecule has 156 valence electrons. The number of carbonyl (C=O) groups is 2. The number of fused-ring (bicyclic) bond motifs is 1. The van der Waals surface area contributed by atoms with Gasteiger partial charge in [0.25, 0.3) is 5.91 Å². The number of hydrogen-bond acceptors (Lipinski definition) is 6. The molecular formula is C23H20N4O3S. The standard InChI is InChI=1S/C23H20N4O3S/c1-23(13-24)14-30-11-17-8-7-16(9-18(17)23)21(29)25-10-20(28)27-22-26-19(12-31-22)15-5-3-2-4-6-15/h2-9,12H,10-11,14H2,1H3,(H,25,29)(H,26,27,28)/t23-/m1/s1. The molecule has 0 radical (unpaired) electrons. The van der Waals surface area contributed by atoms with E-state index in [4.69, 9.17) is 4.74 Å². The fraction of sp³-hybridized carbons (Fsp3) is 0.217. The van der Waals surface area contributed by atoms with E-state index in [1.165, 1.54) is 11.3 Å². The van der Waals surface area contributed by atoms with E-state index in [2.05, 4.69) is 21.7 Å². The predicted octanol–water partition coefficient (Wildman–Crippen LogP) is 3.49. The summed E-state index contributed by atoms with van der Waals surface area (Å²) >= 11 is 1.32. The molecule has 2 aromatic carbocycles. The van der Waals surface area contributed by atoms with Crippen LogP contribution in [0.25, 0.3) is 11.3 Å². The van der Waals surface area contributed by atoms with Crippen molar-refractivity contribution in [1.82, 2.24) is 10.3 Å². The molecule has 0 saturated heterocycles. The van der Waals surface area contributed by atoms with Gasteiger partial charge in [-0.05, 0) is 30.2 Å². The molecule has 3 aromatic rings. The lowest BCUT2D eigenvalue weighted by Gasteiger charge is -2.30. The summed E-state index contributed by atoms with van der Waals surface area (Å²) in [6.07, 6.45) is 0. The second-order valence-electron chi connectivity index (χ2n) is 7.44. The van der Waals surface area contributed by atoms with Crippen LogP contribution in [0.5, 0.6) is 0 Å². The van der Waals surface area contributed by atoms with Crippen molar-refractivity contribution in [3.63, 3.8) is 0 Å². The van der Waals surface area contributed by atoms with E-state index < -0.39 is 5.41 Å². The lowest BCUT2D eigenvalue weighted by atomic mass is 9.79. The van der Waals surface area contributed by atoms with Gasteiger partial charge in [-0.25, -0.2) is 4.98 Å². The maximum absolute atomic E-state index is 12.6.